The van der Waals surface area contributed by atoms with E-state index in [9.17, 15) is 0 Å². The van der Waals surface area contributed by atoms with E-state index in [4.69, 9.17) is 9.97 Å². The molecule has 5 heteroatoms. The molecule has 7 aromatic carbocycles. The molecule has 0 radical (unpaired) electrons. The predicted molar refractivity (Wildman–Crippen MR) is 209 cm³/mol. The molecular weight excluding hydrogens is 617 g/mol. The van der Waals surface area contributed by atoms with E-state index in [1.165, 1.54) is 58.2 Å². The fourth-order valence-corrected chi connectivity index (χ4v) is 8.58. The molecule has 4 nitrogen and oxygen atoms in total. The van der Waals surface area contributed by atoms with Crippen LogP contribution in [-0.4, -0.2) is 28.6 Å². The van der Waals surface area contributed by atoms with Crippen LogP contribution < -0.4 is 4.90 Å². The van der Waals surface area contributed by atoms with Gasteiger partial charge in [-0.3, -0.25) is 4.57 Å². The quantitative estimate of drug-likeness (QED) is 0.191. The van der Waals surface area contributed by atoms with E-state index in [2.05, 4.69) is 169 Å². The minimum absolute atomic E-state index is 0.656. The summed E-state index contributed by atoms with van der Waals surface area (Å²) in [6.45, 7) is 0. The topological polar surface area (TPSA) is 34.0 Å². The van der Waals surface area contributed by atoms with Crippen LogP contribution in [0.4, 0.5) is 5.69 Å². The first-order valence-corrected chi connectivity index (χ1v) is 17.3. The average Bonchev–Trinajstić information content (AvgIpc) is 3.70. The highest BCUT2D eigenvalue weighted by Gasteiger charge is 2.22. The van der Waals surface area contributed by atoms with Crippen molar-refractivity contribution >= 4 is 80.5 Å². The van der Waals surface area contributed by atoms with Crippen LogP contribution in [0.1, 0.15) is 0 Å². The van der Waals surface area contributed by atoms with Crippen LogP contribution in [0.2, 0.25) is 0 Å². The molecule has 0 saturated carbocycles. The number of fused-ring (bicyclic) bond motifs is 9. The average molecular weight is 647 g/mol. The number of hydrogen-bond donors (Lipinski definition) is 0. The van der Waals surface area contributed by atoms with Gasteiger partial charge in [0, 0.05) is 61.9 Å². The SMILES string of the molecule is CN(C)c1cccc2c1c1c3c(ccc1n2-c1nc(-c2ccc4ccccc4c2)cc(-c2ccc4ccccc4c2)n1)sc1ccccc13. The molecule has 232 valence electrons. The molecule has 49 heavy (non-hydrogen) atoms. The Labute approximate surface area is 287 Å². The van der Waals surface area contributed by atoms with Crippen LogP contribution in [0.5, 0.6) is 0 Å². The number of thiophene rings is 1. The molecule has 0 aliphatic rings. The molecular formula is C44H30N4S. The second-order valence-electron chi connectivity index (χ2n) is 12.9. The summed E-state index contributed by atoms with van der Waals surface area (Å²) in [7, 11) is 4.25. The lowest BCUT2D eigenvalue weighted by atomic mass is 10.0. The Bertz CT molecular complexity index is 2830. The van der Waals surface area contributed by atoms with Crippen LogP contribution in [0.25, 0.3) is 92.0 Å². The Morgan fingerprint density at radius 1 is 0.490 bits per heavy atom. The number of anilines is 1. The second-order valence-corrected chi connectivity index (χ2v) is 14.0. The largest absolute Gasteiger partial charge is 0.377 e. The van der Waals surface area contributed by atoms with E-state index in [-0.39, 0.29) is 0 Å². The van der Waals surface area contributed by atoms with Gasteiger partial charge in [-0.1, -0.05) is 97.1 Å². The molecule has 0 unspecified atom stereocenters. The maximum absolute atomic E-state index is 5.39. The van der Waals surface area contributed by atoms with Gasteiger partial charge >= 0.3 is 0 Å². The van der Waals surface area contributed by atoms with Crippen molar-refractivity contribution in [3.05, 3.63) is 146 Å². The second kappa shape index (κ2) is 10.7. The first kappa shape index (κ1) is 28.0. The van der Waals surface area contributed by atoms with Crippen molar-refractivity contribution in [1.82, 2.24) is 14.5 Å². The number of benzene rings is 7. The molecule has 0 N–H and O–H groups in total. The zero-order chi connectivity index (χ0) is 32.6. The van der Waals surface area contributed by atoms with E-state index in [1.807, 2.05) is 11.3 Å². The standard InChI is InChI=1S/C44H30N4S/c1-47(2)36-15-9-16-37-42(36)43-38(22-23-40-41(43)33-14-7-8-17-39(33)49-40)48(37)44-45-34(31-20-18-27-10-3-5-12-29(27)24-31)26-35(46-44)32-21-19-28-11-4-6-13-30(28)25-32/h3-26H,1-2H3. The molecule has 0 aliphatic heterocycles. The highest BCUT2D eigenvalue weighted by Crippen LogP contribution is 2.45. The zero-order valence-electron chi connectivity index (χ0n) is 27.1. The van der Waals surface area contributed by atoms with E-state index in [1.54, 1.807) is 0 Å². The summed E-state index contributed by atoms with van der Waals surface area (Å²) >= 11 is 1.85. The number of hydrogen-bond acceptors (Lipinski definition) is 4. The maximum atomic E-state index is 5.39. The lowest BCUT2D eigenvalue weighted by Crippen LogP contribution is -2.09. The van der Waals surface area contributed by atoms with Gasteiger partial charge in [0.15, 0.2) is 0 Å². The molecule has 0 spiro atoms. The summed E-state index contributed by atoms with van der Waals surface area (Å²) in [4.78, 5) is 13.0. The fourth-order valence-electron chi connectivity index (χ4n) is 7.46. The normalized spacial score (nSPS) is 11.9. The van der Waals surface area contributed by atoms with Crippen molar-refractivity contribution in [2.45, 2.75) is 0 Å². The maximum Gasteiger partial charge on any atom is 0.235 e. The van der Waals surface area contributed by atoms with Crippen molar-refractivity contribution in [1.29, 1.82) is 0 Å². The molecule has 10 aromatic rings. The summed E-state index contributed by atoms with van der Waals surface area (Å²) in [5, 5.41) is 9.81. The highest BCUT2D eigenvalue weighted by molar-refractivity contribution is 7.26. The van der Waals surface area contributed by atoms with Gasteiger partial charge in [-0.25, -0.2) is 9.97 Å². The smallest absolute Gasteiger partial charge is 0.235 e. The van der Waals surface area contributed by atoms with E-state index in [0.29, 0.717) is 5.95 Å². The van der Waals surface area contributed by atoms with Crippen LogP contribution >= 0.6 is 11.3 Å². The van der Waals surface area contributed by atoms with Crippen molar-refractivity contribution in [3.63, 3.8) is 0 Å². The fraction of sp³-hybridized carbons (Fsp3) is 0.0455. The first-order chi connectivity index (χ1) is 24.1. The monoisotopic (exact) mass is 646 g/mol. The molecule has 3 heterocycles. The molecule has 0 fully saturated rings. The van der Waals surface area contributed by atoms with Crippen LogP contribution in [-0.2, 0) is 0 Å². The lowest BCUT2D eigenvalue weighted by Gasteiger charge is -2.15. The van der Waals surface area contributed by atoms with Gasteiger partial charge in [-0.15, -0.1) is 11.3 Å². The third-order valence-corrected chi connectivity index (χ3v) is 10.9. The summed E-state index contributed by atoms with van der Waals surface area (Å²) in [5.41, 5.74) is 7.25. The predicted octanol–water partition coefficient (Wildman–Crippen LogP) is 11.6. The Morgan fingerprint density at radius 3 is 1.78 bits per heavy atom. The molecule has 0 bridgehead atoms. The minimum Gasteiger partial charge on any atom is -0.377 e. The van der Waals surface area contributed by atoms with Crippen molar-refractivity contribution < 1.29 is 0 Å². The first-order valence-electron chi connectivity index (χ1n) is 16.5. The summed E-state index contributed by atoms with van der Waals surface area (Å²) < 4.78 is 4.85. The lowest BCUT2D eigenvalue weighted by molar-refractivity contribution is 0.996. The molecule has 0 amide bonds. The summed E-state index contributed by atoms with van der Waals surface area (Å²) in [6.07, 6.45) is 0. The van der Waals surface area contributed by atoms with E-state index < -0.39 is 0 Å². The zero-order valence-corrected chi connectivity index (χ0v) is 27.9. The molecule has 0 aliphatic carbocycles. The van der Waals surface area contributed by atoms with Gasteiger partial charge < -0.3 is 4.90 Å². The van der Waals surface area contributed by atoms with Crippen LogP contribution in [0.15, 0.2) is 146 Å². The minimum atomic E-state index is 0.656. The van der Waals surface area contributed by atoms with Gasteiger partial charge in [-0.05, 0) is 70.1 Å². The molecule has 0 saturated heterocycles. The highest BCUT2D eigenvalue weighted by atomic mass is 32.1. The third kappa shape index (κ3) is 4.36. The summed E-state index contributed by atoms with van der Waals surface area (Å²) in [5.74, 6) is 0.656. The van der Waals surface area contributed by atoms with E-state index in [0.717, 1.165) is 33.5 Å². The number of aromatic nitrogens is 3. The Hall–Kier alpha value is -6.04. The summed E-state index contributed by atoms with van der Waals surface area (Å²) in [6, 6.07) is 52.2. The van der Waals surface area contributed by atoms with Gasteiger partial charge in [0.05, 0.1) is 22.4 Å². The Kier molecular flexibility index (Phi) is 6.14. The number of rotatable bonds is 4. The van der Waals surface area contributed by atoms with Gasteiger partial charge in [0.2, 0.25) is 5.95 Å². The molecule has 3 aromatic heterocycles. The third-order valence-electron chi connectivity index (χ3n) is 9.76. The van der Waals surface area contributed by atoms with Crippen molar-refractivity contribution in [3.8, 4) is 28.5 Å². The Morgan fingerprint density at radius 2 is 1.10 bits per heavy atom. The number of nitrogens with zero attached hydrogens (tertiary/aromatic N) is 4. The molecule has 10 rings (SSSR count). The van der Waals surface area contributed by atoms with Gasteiger partial charge in [0.1, 0.15) is 0 Å². The molecule has 0 atom stereocenters. The van der Waals surface area contributed by atoms with Crippen molar-refractivity contribution in [2.24, 2.45) is 0 Å². The van der Waals surface area contributed by atoms with Gasteiger partial charge in [0.25, 0.3) is 0 Å². The van der Waals surface area contributed by atoms with Gasteiger partial charge in [-0.2, -0.15) is 0 Å². The van der Waals surface area contributed by atoms with E-state index >= 15 is 0 Å². The van der Waals surface area contributed by atoms with Crippen LogP contribution in [0, 0.1) is 0 Å². The van der Waals surface area contributed by atoms with Crippen molar-refractivity contribution in [2.75, 3.05) is 19.0 Å². The Balaban J connectivity index is 1.32. The van der Waals surface area contributed by atoms with Crippen LogP contribution in [0.3, 0.4) is 0 Å².